The summed E-state index contributed by atoms with van der Waals surface area (Å²) in [4.78, 5) is 2.26. The molecular formula is C17H17BrFNO. The number of hydrogen-bond donors (Lipinski definition) is 1. The smallest absolute Gasteiger partial charge is 0.137 e. The molecule has 2 aromatic carbocycles. The first-order valence-corrected chi connectivity index (χ1v) is 7.90. The molecule has 3 rings (SSSR count). The van der Waals surface area contributed by atoms with Crippen LogP contribution in [0.15, 0.2) is 46.9 Å². The van der Waals surface area contributed by atoms with Gasteiger partial charge in [-0.1, -0.05) is 24.3 Å². The molecule has 0 fully saturated rings. The van der Waals surface area contributed by atoms with Gasteiger partial charge in [-0.2, -0.15) is 0 Å². The van der Waals surface area contributed by atoms with Crippen LogP contribution in [0.2, 0.25) is 0 Å². The fraction of sp³-hybridized carbons (Fsp3) is 0.294. The first-order chi connectivity index (χ1) is 10.1. The van der Waals surface area contributed by atoms with Gasteiger partial charge in [-0.05, 0) is 52.5 Å². The van der Waals surface area contributed by atoms with Crippen LogP contribution in [0.4, 0.5) is 10.1 Å². The van der Waals surface area contributed by atoms with Crippen molar-refractivity contribution in [2.75, 3.05) is 11.4 Å². The van der Waals surface area contributed by atoms with Crippen LogP contribution in [-0.2, 0) is 6.54 Å². The minimum absolute atomic E-state index is 0.245. The molecule has 0 saturated heterocycles. The highest BCUT2D eigenvalue weighted by Gasteiger charge is 2.21. The predicted octanol–water partition coefficient (Wildman–Crippen LogP) is 4.42. The Labute approximate surface area is 132 Å². The number of fused-ring (bicyclic) bond motifs is 1. The Morgan fingerprint density at radius 2 is 2.05 bits per heavy atom. The Balaban J connectivity index is 1.91. The largest absolute Gasteiger partial charge is 0.388 e. The standard InChI is InChI=1S/C17H17BrFNO/c18-14-10-12(7-8-15(14)19)11-20-9-3-6-17(21)13-4-1-2-5-16(13)20/h1-2,4-5,7-8,10,17,21H,3,6,9,11H2. The summed E-state index contributed by atoms with van der Waals surface area (Å²) in [6.45, 7) is 1.60. The topological polar surface area (TPSA) is 23.5 Å². The van der Waals surface area contributed by atoms with E-state index in [2.05, 4.69) is 20.8 Å². The van der Waals surface area contributed by atoms with Gasteiger partial charge in [0, 0.05) is 24.3 Å². The van der Waals surface area contributed by atoms with Gasteiger partial charge in [0.1, 0.15) is 5.82 Å². The van der Waals surface area contributed by atoms with Crippen LogP contribution in [0.25, 0.3) is 0 Å². The maximum Gasteiger partial charge on any atom is 0.137 e. The van der Waals surface area contributed by atoms with Crippen molar-refractivity contribution in [3.63, 3.8) is 0 Å². The summed E-state index contributed by atoms with van der Waals surface area (Å²) < 4.78 is 13.8. The van der Waals surface area contributed by atoms with Crippen molar-refractivity contribution in [2.24, 2.45) is 0 Å². The summed E-state index contributed by atoms with van der Waals surface area (Å²) in [5.41, 5.74) is 3.11. The molecule has 0 bridgehead atoms. The number of anilines is 1. The molecule has 0 aromatic heterocycles. The minimum Gasteiger partial charge on any atom is -0.388 e. The number of aliphatic hydroxyl groups is 1. The van der Waals surface area contributed by atoms with E-state index in [0.717, 1.165) is 36.2 Å². The highest BCUT2D eigenvalue weighted by molar-refractivity contribution is 9.10. The molecule has 1 unspecified atom stereocenters. The molecule has 2 aromatic rings. The minimum atomic E-state index is -0.397. The van der Waals surface area contributed by atoms with Crippen LogP contribution >= 0.6 is 15.9 Å². The fourth-order valence-electron chi connectivity index (χ4n) is 2.83. The van der Waals surface area contributed by atoms with E-state index in [1.807, 2.05) is 36.4 Å². The molecule has 0 aliphatic carbocycles. The molecule has 0 saturated carbocycles. The second-order valence-electron chi connectivity index (χ2n) is 5.39. The summed E-state index contributed by atoms with van der Waals surface area (Å²) in [6, 6.07) is 13.1. The number of aliphatic hydroxyl groups excluding tert-OH is 1. The Kier molecular flexibility index (Phi) is 4.27. The maximum atomic E-state index is 13.3. The molecular weight excluding hydrogens is 333 g/mol. The fourth-order valence-corrected chi connectivity index (χ4v) is 3.26. The number of para-hydroxylation sites is 1. The zero-order chi connectivity index (χ0) is 14.8. The quantitative estimate of drug-likeness (QED) is 0.867. The van der Waals surface area contributed by atoms with Gasteiger partial charge in [-0.15, -0.1) is 0 Å². The van der Waals surface area contributed by atoms with E-state index in [1.54, 1.807) is 0 Å². The molecule has 0 amide bonds. The van der Waals surface area contributed by atoms with Crippen molar-refractivity contribution in [2.45, 2.75) is 25.5 Å². The monoisotopic (exact) mass is 349 g/mol. The molecule has 1 aliphatic heterocycles. The van der Waals surface area contributed by atoms with Crippen LogP contribution in [0.3, 0.4) is 0 Å². The van der Waals surface area contributed by atoms with E-state index in [9.17, 15) is 9.50 Å². The lowest BCUT2D eigenvalue weighted by molar-refractivity contribution is 0.168. The van der Waals surface area contributed by atoms with Gasteiger partial charge in [-0.25, -0.2) is 4.39 Å². The molecule has 2 nitrogen and oxygen atoms in total. The number of hydrogen-bond acceptors (Lipinski definition) is 2. The highest BCUT2D eigenvalue weighted by atomic mass is 79.9. The predicted molar refractivity (Wildman–Crippen MR) is 85.8 cm³/mol. The van der Waals surface area contributed by atoms with Crippen molar-refractivity contribution in [3.05, 3.63) is 63.9 Å². The van der Waals surface area contributed by atoms with Crippen LogP contribution < -0.4 is 4.90 Å². The summed E-state index contributed by atoms with van der Waals surface area (Å²) in [7, 11) is 0. The Hall–Kier alpha value is -1.39. The number of rotatable bonds is 2. The maximum absolute atomic E-state index is 13.3. The summed E-state index contributed by atoms with van der Waals surface area (Å²) in [6.07, 6.45) is 1.32. The van der Waals surface area contributed by atoms with Crippen LogP contribution in [0.1, 0.15) is 30.1 Å². The van der Waals surface area contributed by atoms with E-state index in [0.29, 0.717) is 11.0 Å². The van der Waals surface area contributed by atoms with Crippen molar-refractivity contribution in [1.82, 2.24) is 0 Å². The lowest BCUT2D eigenvalue weighted by Gasteiger charge is -2.25. The summed E-state index contributed by atoms with van der Waals surface area (Å²) >= 11 is 3.23. The molecule has 1 heterocycles. The first kappa shape index (κ1) is 14.5. The second-order valence-corrected chi connectivity index (χ2v) is 6.24. The molecule has 1 atom stereocenters. The SMILES string of the molecule is OC1CCCN(Cc2ccc(F)c(Br)c2)c2ccccc21. The normalized spacial score (nSPS) is 18.2. The first-order valence-electron chi connectivity index (χ1n) is 7.11. The van der Waals surface area contributed by atoms with E-state index < -0.39 is 6.10 Å². The lowest BCUT2D eigenvalue weighted by Crippen LogP contribution is -2.23. The third-order valence-corrected chi connectivity index (χ3v) is 4.51. The van der Waals surface area contributed by atoms with Gasteiger partial charge in [0.25, 0.3) is 0 Å². The van der Waals surface area contributed by atoms with Crippen LogP contribution in [0.5, 0.6) is 0 Å². The summed E-state index contributed by atoms with van der Waals surface area (Å²) in [5.74, 6) is -0.245. The Bertz CT molecular complexity index is 646. The van der Waals surface area contributed by atoms with E-state index in [1.165, 1.54) is 6.07 Å². The number of benzene rings is 2. The van der Waals surface area contributed by atoms with Crippen LogP contribution in [0, 0.1) is 5.82 Å². The molecule has 21 heavy (non-hydrogen) atoms. The van der Waals surface area contributed by atoms with E-state index >= 15 is 0 Å². The zero-order valence-electron chi connectivity index (χ0n) is 11.6. The van der Waals surface area contributed by atoms with Crippen LogP contribution in [-0.4, -0.2) is 11.7 Å². The van der Waals surface area contributed by atoms with Gasteiger partial charge in [0.15, 0.2) is 0 Å². The second kappa shape index (κ2) is 6.16. The van der Waals surface area contributed by atoms with Gasteiger partial charge >= 0.3 is 0 Å². The third-order valence-electron chi connectivity index (χ3n) is 3.90. The lowest BCUT2D eigenvalue weighted by atomic mass is 10.0. The number of halogens is 2. The molecule has 1 aliphatic rings. The molecule has 1 N–H and O–H groups in total. The third kappa shape index (κ3) is 3.11. The van der Waals surface area contributed by atoms with Gasteiger partial charge < -0.3 is 10.0 Å². The summed E-state index contributed by atoms with van der Waals surface area (Å²) in [5, 5.41) is 10.2. The molecule has 0 spiro atoms. The van der Waals surface area contributed by atoms with E-state index in [4.69, 9.17) is 0 Å². The molecule has 110 valence electrons. The van der Waals surface area contributed by atoms with E-state index in [-0.39, 0.29) is 5.82 Å². The van der Waals surface area contributed by atoms with Crippen molar-refractivity contribution < 1.29 is 9.50 Å². The number of nitrogens with zero attached hydrogens (tertiary/aromatic N) is 1. The highest BCUT2D eigenvalue weighted by Crippen LogP contribution is 2.33. The zero-order valence-corrected chi connectivity index (χ0v) is 13.2. The van der Waals surface area contributed by atoms with Gasteiger partial charge in [0.2, 0.25) is 0 Å². The Morgan fingerprint density at radius 1 is 1.24 bits per heavy atom. The average Bonchev–Trinajstić information content (AvgIpc) is 2.64. The van der Waals surface area contributed by atoms with Crippen molar-refractivity contribution in [1.29, 1.82) is 0 Å². The van der Waals surface area contributed by atoms with Gasteiger partial charge in [0.05, 0.1) is 10.6 Å². The average molecular weight is 350 g/mol. The molecule has 4 heteroatoms. The molecule has 0 radical (unpaired) electrons. The van der Waals surface area contributed by atoms with Gasteiger partial charge in [-0.3, -0.25) is 0 Å². The van der Waals surface area contributed by atoms with Crippen molar-refractivity contribution in [3.8, 4) is 0 Å². The van der Waals surface area contributed by atoms with Crippen molar-refractivity contribution >= 4 is 21.6 Å². The Morgan fingerprint density at radius 3 is 2.86 bits per heavy atom.